The summed E-state index contributed by atoms with van der Waals surface area (Å²) in [5, 5.41) is 0.986. The Balaban J connectivity index is 2.13. The third-order valence-corrected chi connectivity index (χ3v) is 4.18. The fourth-order valence-electron chi connectivity index (χ4n) is 2.29. The molecule has 0 radical (unpaired) electrons. The molecule has 100 valence electrons. The molecule has 19 heavy (non-hydrogen) atoms. The second-order valence-corrected chi connectivity index (χ2v) is 5.28. The SMILES string of the molecule is CCN(CC(CBr)c1ccccc1)c1ccccc1. The Bertz CT molecular complexity index is 424. The van der Waals surface area contributed by atoms with Gasteiger partial charge in [0, 0.05) is 30.0 Å². The number of rotatable bonds is 6. The summed E-state index contributed by atoms with van der Waals surface area (Å²) in [5.41, 5.74) is 2.70. The molecule has 0 saturated heterocycles. The van der Waals surface area contributed by atoms with Gasteiger partial charge in [-0.05, 0) is 24.6 Å². The average Bonchev–Trinajstić information content (AvgIpc) is 2.50. The molecule has 0 heterocycles. The molecule has 2 rings (SSSR count). The van der Waals surface area contributed by atoms with Crippen LogP contribution < -0.4 is 4.90 Å². The Morgan fingerprint density at radius 2 is 1.53 bits per heavy atom. The first-order chi connectivity index (χ1) is 9.35. The predicted molar refractivity (Wildman–Crippen MR) is 87.3 cm³/mol. The number of halogens is 1. The molecule has 0 bridgehead atoms. The fraction of sp³-hybridized carbons (Fsp3) is 0.294. The van der Waals surface area contributed by atoms with Crippen LogP contribution in [0.25, 0.3) is 0 Å². The van der Waals surface area contributed by atoms with Gasteiger partial charge in [-0.2, -0.15) is 0 Å². The van der Waals surface area contributed by atoms with E-state index in [-0.39, 0.29) is 0 Å². The lowest BCUT2D eigenvalue weighted by molar-refractivity contribution is 0.712. The van der Waals surface area contributed by atoms with E-state index in [2.05, 4.69) is 88.4 Å². The summed E-state index contributed by atoms with van der Waals surface area (Å²) < 4.78 is 0. The molecule has 0 N–H and O–H groups in total. The molecule has 0 saturated carbocycles. The lowest BCUT2D eigenvalue weighted by Gasteiger charge is -2.28. The number of nitrogens with zero attached hydrogens (tertiary/aromatic N) is 1. The van der Waals surface area contributed by atoms with Gasteiger partial charge in [0.1, 0.15) is 0 Å². The van der Waals surface area contributed by atoms with Crippen molar-refractivity contribution >= 4 is 21.6 Å². The first-order valence-electron chi connectivity index (χ1n) is 6.76. The maximum Gasteiger partial charge on any atom is 0.0366 e. The Morgan fingerprint density at radius 3 is 2.05 bits per heavy atom. The molecule has 1 atom stereocenters. The third kappa shape index (κ3) is 3.84. The van der Waals surface area contributed by atoms with E-state index >= 15 is 0 Å². The summed E-state index contributed by atoms with van der Waals surface area (Å²) in [5.74, 6) is 0.515. The second kappa shape index (κ2) is 7.34. The summed E-state index contributed by atoms with van der Waals surface area (Å²) >= 11 is 3.66. The van der Waals surface area contributed by atoms with Gasteiger partial charge in [0.2, 0.25) is 0 Å². The number of anilines is 1. The number of hydrogen-bond acceptors (Lipinski definition) is 1. The average molecular weight is 318 g/mol. The van der Waals surface area contributed by atoms with E-state index in [0.717, 1.165) is 18.4 Å². The monoisotopic (exact) mass is 317 g/mol. The molecule has 2 aromatic carbocycles. The molecule has 0 aliphatic rings. The maximum atomic E-state index is 3.66. The van der Waals surface area contributed by atoms with Gasteiger partial charge in [0.05, 0.1) is 0 Å². The van der Waals surface area contributed by atoms with Gasteiger partial charge in [-0.3, -0.25) is 0 Å². The molecule has 0 aromatic heterocycles. The van der Waals surface area contributed by atoms with Crippen LogP contribution >= 0.6 is 15.9 Å². The summed E-state index contributed by atoms with van der Waals surface area (Å²) in [6.07, 6.45) is 0. The van der Waals surface area contributed by atoms with Gasteiger partial charge in [-0.1, -0.05) is 64.5 Å². The molecule has 2 heteroatoms. The molecular weight excluding hydrogens is 298 g/mol. The van der Waals surface area contributed by atoms with E-state index < -0.39 is 0 Å². The van der Waals surface area contributed by atoms with E-state index in [4.69, 9.17) is 0 Å². The Labute approximate surface area is 124 Å². The minimum Gasteiger partial charge on any atom is -0.371 e. The van der Waals surface area contributed by atoms with Crippen molar-refractivity contribution in [2.45, 2.75) is 12.8 Å². The first kappa shape index (κ1) is 14.1. The molecule has 2 aromatic rings. The van der Waals surface area contributed by atoms with Crippen molar-refractivity contribution in [2.24, 2.45) is 0 Å². The molecule has 0 spiro atoms. The van der Waals surface area contributed by atoms with Gasteiger partial charge < -0.3 is 4.90 Å². The third-order valence-electron chi connectivity index (χ3n) is 3.40. The first-order valence-corrected chi connectivity index (χ1v) is 7.88. The van der Waals surface area contributed by atoms with Gasteiger partial charge >= 0.3 is 0 Å². The number of alkyl halides is 1. The van der Waals surface area contributed by atoms with E-state index in [9.17, 15) is 0 Å². The predicted octanol–water partition coefficient (Wildman–Crippen LogP) is 4.69. The van der Waals surface area contributed by atoms with Crippen LogP contribution in [0.15, 0.2) is 60.7 Å². The molecule has 1 nitrogen and oxygen atoms in total. The summed E-state index contributed by atoms with van der Waals surface area (Å²) in [7, 11) is 0. The van der Waals surface area contributed by atoms with Crippen molar-refractivity contribution in [1.82, 2.24) is 0 Å². The van der Waals surface area contributed by atoms with Crippen LogP contribution in [0.4, 0.5) is 5.69 Å². The topological polar surface area (TPSA) is 3.24 Å². The van der Waals surface area contributed by atoms with E-state index in [1.165, 1.54) is 11.3 Å². The Kier molecular flexibility index (Phi) is 5.46. The highest BCUT2D eigenvalue weighted by Gasteiger charge is 2.14. The van der Waals surface area contributed by atoms with Crippen LogP contribution in [0.1, 0.15) is 18.4 Å². The van der Waals surface area contributed by atoms with Crippen LogP contribution in [0.3, 0.4) is 0 Å². The minimum absolute atomic E-state index is 0.515. The highest BCUT2D eigenvalue weighted by Crippen LogP contribution is 2.22. The number of hydrogen-bond donors (Lipinski definition) is 0. The largest absolute Gasteiger partial charge is 0.371 e. The minimum atomic E-state index is 0.515. The van der Waals surface area contributed by atoms with Gasteiger partial charge in [0.15, 0.2) is 0 Å². The zero-order valence-electron chi connectivity index (χ0n) is 11.3. The number of benzene rings is 2. The number of likely N-dealkylation sites (N-methyl/N-ethyl adjacent to an activating group) is 1. The fourth-order valence-corrected chi connectivity index (χ4v) is 2.87. The van der Waals surface area contributed by atoms with Crippen LogP contribution in [0.2, 0.25) is 0 Å². The molecule has 1 unspecified atom stereocenters. The number of para-hydroxylation sites is 1. The van der Waals surface area contributed by atoms with Crippen LogP contribution in [0.5, 0.6) is 0 Å². The van der Waals surface area contributed by atoms with E-state index in [1.54, 1.807) is 0 Å². The van der Waals surface area contributed by atoms with E-state index in [1.807, 2.05) is 0 Å². The maximum absolute atomic E-state index is 3.66. The molecular formula is C17H20BrN. The van der Waals surface area contributed by atoms with E-state index in [0.29, 0.717) is 5.92 Å². The van der Waals surface area contributed by atoms with Crippen LogP contribution in [-0.2, 0) is 0 Å². The Morgan fingerprint density at radius 1 is 0.947 bits per heavy atom. The summed E-state index contributed by atoms with van der Waals surface area (Å²) in [6, 6.07) is 21.4. The molecule has 0 aliphatic carbocycles. The zero-order chi connectivity index (χ0) is 13.5. The van der Waals surface area contributed by atoms with Crippen molar-refractivity contribution in [2.75, 3.05) is 23.3 Å². The van der Waals surface area contributed by atoms with Crippen molar-refractivity contribution in [3.63, 3.8) is 0 Å². The summed E-state index contributed by atoms with van der Waals surface area (Å²) in [4.78, 5) is 2.43. The van der Waals surface area contributed by atoms with Crippen molar-refractivity contribution in [1.29, 1.82) is 0 Å². The van der Waals surface area contributed by atoms with Crippen LogP contribution in [0, 0.1) is 0 Å². The Hall–Kier alpha value is -1.28. The molecule has 0 amide bonds. The van der Waals surface area contributed by atoms with Gasteiger partial charge in [0.25, 0.3) is 0 Å². The standard InChI is InChI=1S/C17H20BrN/c1-2-19(17-11-7-4-8-12-17)14-16(13-18)15-9-5-3-6-10-15/h3-12,16H,2,13-14H2,1H3. The normalized spacial score (nSPS) is 12.1. The van der Waals surface area contributed by atoms with Crippen molar-refractivity contribution in [3.05, 3.63) is 66.2 Å². The zero-order valence-corrected chi connectivity index (χ0v) is 12.9. The van der Waals surface area contributed by atoms with Crippen LogP contribution in [-0.4, -0.2) is 18.4 Å². The second-order valence-electron chi connectivity index (χ2n) is 4.64. The van der Waals surface area contributed by atoms with Gasteiger partial charge in [-0.25, -0.2) is 0 Å². The quantitative estimate of drug-likeness (QED) is 0.698. The lowest BCUT2D eigenvalue weighted by Crippen LogP contribution is -2.29. The van der Waals surface area contributed by atoms with Crippen molar-refractivity contribution < 1.29 is 0 Å². The van der Waals surface area contributed by atoms with Crippen molar-refractivity contribution in [3.8, 4) is 0 Å². The molecule has 0 aliphatic heterocycles. The highest BCUT2D eigenvalue weighted by atomic mass is 79.9. The molecule has 0 fully saturated rings. The smallest absolute Gasteiger partial charge is 0.0366 e. The highest BCUT2D eigenvalue weighted by molar-refractivity contribution is 9.09. The summed E-state index contributed by atoms with van der Waals surface area (Å²) in [6.45, 7) is 4.28. The lowest BCUT2D eigenvalue weighted by atomic mass is 10.0. The van der Waals surface area contributed by atoms with Gasteiger partial charge in [-0.15, -0.1) is 0 Å².